The Labute approximate surface area is 143 Å². The zero-order valence-corrected chi connectivity index (χ0v) is 15.7. The highest BCUT2D eigenvalue weighted by Gasteiger charge is 2.60. The van der Waals surface area contributed by atoms with Crippen LogP contribution in [0.1, 0.15) is 85.5 Å². The van der Waals surface area contributed by atoms with Gasteiger partial charge in [0.1, 0.15) is 5.78 Å². The maximum atomic E-state index is 12.2. The van der Waals surface area contributed by atoms with E-state index in [1.54, 1.807) is 5.92 Å². The maximum Gasteiger partial charge on any atom is 0.133 e. The lowest BCUT2D eigenvalue weighted by Gasteiger charge is -2.61. The number of hydrogen-bond acceptors (Lipinski definition) is 1. The first kappa shape index (κ1) is 16.2. The van der Waals surface area contributed by atoms with Gasteiger partial charge in [0.15, 0.2) is 0 Å². The van der Waals surface area contributed by atoms with E-state index in [9.17, 15) is 4.79 Å². The van der Waals surface area contributed by atoms with Crippen LogP contribution in [0.3, 0.4) is 0 Å². The van der Waals surface area contributed by atoms with Gasteiger partial charge in [-0.25, -0.2) is 0 Å². The molecule has 0 heterocycles. The summed E-state index contributed by atoms with van der Waals surface area (Å²) in [5.74, 6) is 6.23. The predicted molar refractivity (Wildman–Crippen MR) is 94.8 cm³/mol. The SMILES string of the molecule is C[C]1CC[C@@]2(C)[C@@H](CC[C@@H]3[C@@H]2CC[C@]2(C)[C@@H](C(C)=O)CC[C@@H]32)C1. The highest BCUT2D eigenvalue weighted by molar-refractivity contribution is 5.79. The summed E-state index contributed by atoms with van der Waals surface area (Å²) in [4.78, 5) is 12.2. The van der Waals surface area contributed by atoms with Crippen LogP contribution in [-0.4, -0.2) is 5.78 Å². The molecule has 1 heteroatoms. The highest BCUT2D eigenvalue weighted by atomic mass is 16.1. The number of carbonyl (C=O) groups excluding carboxylic acids is 1. The van der Waals surface area contributed by atoms with Crippen LogP contribution < -0.4 is 0 Å². The van der Waals surface area contributed by atoms with Crippen LogP contribution in [-0.2, 0) is 4.79 Å². The van der Waals surface area contributed by atoms with E-state index in [0.717, 1.165) is 23.7 Å². The summed E-state index contributed by atoms with van der Waals surface area (Å²) in [6.45, 7) is 9.35. The fraction of sp³-hybridized carbons (Fsp3) is 0.909. The molecule has 4 rings (SSSR count). The van der Waals surface area contributed by atoms with Crippen molar-refractivity contribution >= 4 is 5.78 Å². The maximum absolute atomic E-state index is 12.2. The van der Waals surface area contributed by atoms with Crippen molar-refractivity contribution in [3.05, 3.63) is 5.92 Å². The number of fused-ring (bicyclic) bond motifs is 5. The summed E-state index contributed by atoms with van der Waals surface area (Å²) in [5, 5.41) is 0. The number of hydrogen-bond donors (Lipinski definition) is 0. The molecule has 0 saturated heterocycles. The second kappa shape index (κ2) is 5.33. The second-order valence-electron chi connectivity index (χ2n) is 10.1. The summed E-state index contributed by atoms with van der Waals surface area (Å²) in [5.41, 5.74) is 0.922. The van der Waals surface area contributed by atoms with Gasteiger partial charge in [-0.2, -0.15) is 0 Å². The fourth-order valence-corrected chi connectivity index (χ4v) is 7.93. The minimum absolute atomic E-state index is 0.326. The van der Waals surface area contributed by atoms with Crippen molar-refractivity contribution in [1.82, 2.24) is 0 Å². The second-order valence-corrected chi connectivity index (χ2v) is 10.1. The van der Waals surface area contributed by atoms with E-state index < -0.39 is 0 Å². The van der Waals surface area contributed by atoms with Crippen LogP contribution in [0, 0.1) is 46.3 Å². The molecule has 4 saturated carbocycles. The van der Waals surface area contributed by atoms with E-state index in [1.807, 2.05) is 6.92 Å². The smallest absolute Gasteiger partial charge is 0.133 e. The van der Waals surface area contributed by atoms with Gasteiger partial charge >= 0.3 is 0 Å². The predicted octanol–water partition coefficient (Wildman–Crippen LogP) is 5.83. The molecule has 129 valence electrons. The Bertz CT molecular complexity index is 496. The number of ketones is 1. The topological polar surface area (TPSA) is 17.1 Å². The number of Topliss-reactive ketones (excluding diaryl/α,β-unsaturated/α-hetero) is 1. The van der Waals surface area contributed by atoms with Crippen LogP contribution in [0.2, 0.25) is 0 Å². The first-order chi connectivity index (χ1) is 10.9. The quantitative estimate of drug-likeness (QED) is 0.595. The Hall–Kier alpha value is -0.330. The van der Waals surface area contributed by atoms with Crippen molar-refractivity contribution < 1.29 is 4.79 Å². The van der Waals surface area contributed by atoms with Gasteiger partial charge in [-0.05, 0) is 105 Å². The zero-order valence-electron chi connectivity index (χ0n) is 15.7. The molecule has 4 fully saturated rings. The molecule has 1 radical (unpaired) electrons. The van der Waals surface area contributed by atoms with E-state index >= 15 is 0 Å². The van der Waals surface area contributed by atoms with Crippen molar-refractivity contribution in [3.63, 3.8) is 0 Å². The van der Waals surface area contributed by atoms with Crippen LogP contribution >= 0.6 is 0 Å². The largest absolute Gasteiger partial charge is 0.300 e. The molecule has 0 aromatic rings. The Kier molecular flexibility index (Phi) is 3.75. The fourth-order valence-electron chi connectivity index (χ4n) is 7.93. The van der Waals surface area contributed by atoms with Crippen molar-refractivity contribution in [2.45, 2.75) is 85.5 Å². The van der Waals surface area contributed by atoms with Gasteiger partial charge < -0.3 is 0 Å². The van der Waals surface area contributed by atoms with Crippen LogP contribution in [0.5, 0.6) is 0 Å². The van der Waals surface area contributed by atoms with Gasteiger partial charge in [0.2, 0.25) is 0 Å². The molecule has 0 N–H and O–H groups in total. The standard InChI is InChI=1S/C22H35O/c1-14-9-11-21(3)16(13-14)5-6-17-19-8-7-18(15(2)23)22(19,4)12-10-20(17)21/h16-20H,5-13H2,1-4H3/t16-,17-,18+,19-,20-,21-,22+/m0/s1. The molecular formula is C22H35O. The van der Waals surface area contributed by atoms with Gasteiger partial charge in [0.25, 0.3) is 0 Å². The van der Waals surface area contributed by atoms with Crippen molar-refractivity contribution in [2.75, 3.05) is 0 Å². The molecule has 0 spiro atoms. The monoisotopic (exact) mass is 315 g/mol. The van der Waals surface area contributed by atoms with Crippen molar-refractivity contribution in [2.24, 2.45) is 40.4 Å². The zero-order chi connectivity index (χ0) is 16.4. The Morgan fingerprint density at radius 2 is 1.70 bits per heavy atom. The lowest BCUT2D eigenvalue weighted by atomic mass is 9.44. The lowest BCUT2D eigenvalue weighted by molar-refractivity contribution is -0.132. The van der Waals surface area contributed by atoms with E-state index in [4.69, 9.17) is 0 Å². The molecule has 4 aliphatic carbocycles. The van der Waals surface area contributed by atoms with Gasteiger partial charge in [-0.1, -0.05) is 20.8 Å². The molecule has 0 bridgehead atoms. The third-order valence-electron chi connectivity index (χ3n) is 9.24. The molecule has 0 aromatic carbocycles. The van der Waals surface area contributed by atoms with Gasteiger partial charge in [-0.15, -0.1) is 0 Å². The summed E-state index contributed by atoms with van der Waals surface area (Å²) in [6, 6.07) is 0. The first-order valence-corrected chi connectivity index (χ1v) is 10.2. The third-order valence-corrected chi connectivity index (χ3v) is 9.24. The third kappa shape index (κ3) is 2.20. The summed E-state index contributed by atoms with van der Waals surface area (Å²) in [6.07, 6.45) is 12.3. The highest BCUT2D eigenvalue weighted by Crippen LogP contribution is 2.67. The summed E-state index contributed by atoms with van der Waals surface area (Å²) < 4.78 is 0. The lowest BCUT2D eigenvalue weighted by Crippen LogP contribution is -2.53. The molecule has 23 heavy (non-hydrogen) atoms. The molecule has 4 aliphatic rings. The average Bonchev–Trinajstić information content (AvgIpc) is 2.85. The average molecular weight is 316 g/mol. The minimum Gasteiger partial charge on any atom is -0.300 e. The summed E-state index contributed by atoms with van der Waals surface area (Å²) >= 11 is 0. The minimum atomic E-state index is 0.326. The molecule has 0 amide bonds. The van der Waals surface area contributed by atoms with Gasteiger partial charge in [0, 0.05) is 5.92 Å². The number of carbonyl (C=O) groups is 1. The van der Waals surface area contributed by atoms with Gasteiger partial charge in [-0.3, -0.25) is 4.79 Å². The molecule has 0 aromatic heterocycles. The Morgan fingerprint density at radius 3 is 2.43 bits per heavy atom. The molecule has 0 unspecified atom stereocenters. The Balaban J connectivity index is 1.61. The first-order valence-electron chi connectivity index (χ1n) is 10.2. The Morgan fingerprint density at radius 1 is 0.957 bits per heavy atom. The molecular weight excluding hydrogens is 280 g/mol. The molecule has 0 aliphatic heterocycles. The van der Waals surface area contributed by atoms with Crippen LogP contribution in [0.4, 0.5) is 0 Å². The van der Waals surface area contributed by atoms with Crippen molar-refractivity contribution in [1.29, 1.82) is 0 Å². The van der Waals surface area contributed by atoms with Crippen LogP contribution in [0.25, 0.3) is 0 Å². The summed E-state index contributed by atoms with van der Waals surface area (Å²) in [7, 11) is 0. The normalized spacial score (nSPS) is 53.3. The molecule has 7 atom stereocenters. The van der Waals surface area contributed by atoms with E-state index in [2.05, 4.69) is 20.8 Å². The molecule has 1 nitrogen and oxygen atoms in total. The van der Waals surface area contributed by atoms with E-state index in [-0.39, 0.29) is 0 Å². The van der Waals surface area contributed by atoms with E-state index in [0.29, 0.717) is 22.5 Å². The van der Waals surface area contributed by atoms with E-state index in [1.165, 1.54) is 57.8 Å². The number of rotatable bonds is 1. The van der Waals surface area contributed by atoms with Crippen molar-refractivity contribution in [3.8, 4) is 0 Å². The van der Waals surface area contributed by atoms with Crippen LogP contribution in [0.15, 0.2) is 0 Å². The van der Waals surface area contributed by atoms with Gasteiger partial charge in [0.05, 0.1) is 0 Å².